The Morgan fingerprint density at radius 3 is 2.62 bits per heavy atom. The number of methoxy groups -OCH3 is 2. The number of nitrogens with zero attached hydrogens (tertiary/aromatic N) is 2. The van der Waals surface area contributed by atoms with Gasteiger partial charge in [-0.25, -0.2) is 9.78 Å². The van der Waals surface area contributed by atoms with Gasteiger partial charge in [0, 0.05) is 17.4 Å². The number of anilines is 2. The van der Waals surface area contributed by atoms with Gasteiger partial charge in [0.2, 0.25) is 0 Å². The van der Waals surface area contributed by atoms with Crippen LogP contribution in [0, 0.1) is 6.92 Å². The third kappa shape index (κ3) is 3.07. The number of hydrogen-bond donors (Lipinski definition) is 3. The van der Waals surface area contributed by atoms with Crippen LogP contribution >= 0.6 is 0 Å². The van der Waals surface area contributed by atoms with Gasteiger partial charge in [-0.1, -0.05) is 0 Å². The lowest BCUT2D eigenvalue weighted by molar-refractivity contribution is 0.262. The Kier molecular flexibility index (Phi) is 4.19. The van der Waals surface area contributed by atoms with E-state index in [4.69, 9.17) is 9.47 Å². The van der Waals surface area contributed by atoms with Crippen LogP contribution in [0.2, 0.25) is 0 Å². The van der Waals surface area contributed by atoms with E-state index in [1.807, 2.05) is 19.1 Å². The van der Waals surface area contributed by atoms with Gasteiger partial charge in [0.05, 0.1) is 19.6 Å². The molecule has 3 aromatic rings. The first-order valence-electron chi connectivity index (χ1n) is 7.22. The number of benzene rings is 1. The van der Waals surface area contributed by atoms with Gasteiger partial charge in [-0.3, -0.25) is 10.4 Å². The Bertz CT molecular complexity index is 891. The number of carbonyl (C=O) groups is 1. The number of H-pyrrole nitrogens is 1. The summed E-state index contributed by atoms with van der Waals surface area (Å²) in [5, 5.41) is 13.0. The zero-order valence-corrected chi connectivity index (χ0v) is 13.5. The molecule has 0 aliphatic heterocycles. The van der Waals surface area contributed by atoms with E-state index < -0.39 is 6.03 Å². The lowest BCUT2D eigenvalue weighted by atomic mass is 10.2. The van der Waals surface area contributed by atoms with Crippen molar-refractivity contribution in [3.05, 3.63) is 36.0 Å². The molecule has 3 rings (SSSR count). The van der Waals surface area contributed by atoms with Crippen LogP contribution in [0.25, 0.3) is 11.0 Å². The summed E-state index contributed by atoms with van der Waals surface area (Å²) >= 11 is 0. The van der Waals surface area contributed by atoms with Crippen molar-refractivity contribution >= 4 is 28.6 Å². The van der Waals surface area contributed by atoms with E-state index in [0.29, 0.717) is 28.7 Å². The quantitative estimate of drug-likeness (QED) is 0.684. The van der Waals surface area contributed by atoms with Gasteiger partial charge in [0.1, 0.15) is 0 Å². The fourth-order valence-electron chi connectivity index (χ4n) is 2.28. The molecule has 0 aliphatic carbocycles. The number of fused-ring (bicyclic) bond motifs is 1. The zero-order valence-electron chi connectivity index (χ0n) is 13.5. The number of urea groups is 1. The Morgan fingerprint density at radius 1 is 1.08 bits per heavy atom. The minimum absolute atomic E-state index is 0.412. The second-order valence-electron chi connectivity index (χ2n) is 5.07. The number of pyridine rings is 1. The average Bonchev–Trinajstić information content (AvgIpc) is 2.96. The third-order valence-electron chi connectivity index (χ3n) is 3.44. The molecule has 0 saturated heterocycles. The molecule has 24 heavy (non-hydrogen) atoms. The van der Waals surface area contributed by atoms with Crippen LogP contribution in [0.1, 0.15) is 5.69 Å². The van der Waals surface area contributed by atoms with Crippen LogP contribution in [0.15, 0.2) is 30.3 Å². The van der Waals surface area contributed by atoms with Crippen molar-refractivity contribution in [2.24, 2.45) is 0 Å². The third-order valence-corrected chi connectivity index (χ3v) is 3.44. The molecule has 1 aromatic carbocycles. The van der Waals surface area contributed by atoms with Gasteiger partial charge < -0.3 is 14.8 Å². The molecule has 0 bridgehead atoms. The van der Waals surface area contributed by atoms with Crippen molar-refractivity contribution in [3.63, 3.8) is 0 Å². The summed E-state index contributed by atoms with van der Waals surface area (Å²) < 4.78 is 10.4. The van der Waals surface area contributed by atoms with Gasteiger partial charge in [-0.05, 0) is 31.2 Å². The molecule has 0 atom stereocenters. The largest absolute Gasteiger partial charge is 0.493 e. The van der Waals surface area contributed by atoms with E-state index in [-0.39, 0.29) is 0 Å². The monoisotopic (exact) mass is 327 g/mol. The highest BCUT2D eigenvalue weighted by molar-refractivity contribution is 6.04. The maximum absolute atomic E-state index is 12.2. The van der Waals surface area contributed by atoms with E-state index >= 15 is 0 Å². The molecule has 2 amide bonds. The summed E-state index contributed by atoms with van der Waals surface area (Å²) in [5.74, 6) is 1.53. The molecule has 0 spiro atoms. The van der Waals surface area contributed by atoms with Crippen LogP contribution < -0.4 is 20.1 Å². The van der Waals surface area contributed by atoms with Crippen molar-refractivity contribution in [2.45, 2.75) is 6.92 Å². The lowest BCUT2D eigenvalue weighted by Gasteiger charge is -2.10. The second-order valence-corrected chi connectivity index (χ2v) is 5.07. The highest BCUT2D eigenvalue weighted by Crippen LogP contribution is 2.29. The van der Waals surface area contributed by atoms with Crippen LogP contribution in [-0.2, 0) is 0 Å². The summed E-state index contributed by atoms with van der Waals surface area (Å²) in [4.78, 5) is 16.5. The van der Waals surface area contributed by atoms with E-state index in [1.54, 1.807) is 25.3 Å². The lowest BCUT2D eigenvalue weighted by Crippen LogP contribution is -2.19. The molecular formula is C16H17N5O3. The first kappa shape index (κ1) is 15.6. The number of amides is 2. The topological polar surface area (TPSA) is 101 Å². The molecule has 124 valence electrons. The van der Waals surface area contributed by atoms with Crippen LogP contribution in [0.5, 0.6) is 11.5 Å². The molecule has 0 unspecified atom stereocenters. The van der Waals surface area contributed by atoms with Crippen molar-refractivity contribution in [1.82, 2.24) is 15.2 Å². The zero-order chi connectivity index (χ0) is 17.1. The fourth-order valence-corrected chi connectivity index (χ4v) is 2.28. The first-order chi connectivity index (χ1) is 11.6. The Labute approximate surface area is 138 Å². The van der Waals surface area contributed by atoms with E-state index in [1.165, 1.54) is 7.11 Å². The maximum atomic E-state index is 12.2. The highest BCUT2D eigenvalue weighted by Gasteiger charge is 2.11. The molecule has 0 saturated carbocycles. The predicted octanol–water partition coefficient (Wildman–Crippen LogP) is 2.93. The van der Waals surface area contributed by atoms with Crippen molar-refractivity contribution in [1.29, 1.82) is 0 Å². The maximum Gasteiger partial charge on any atom is 0.324 e. The molecule has 0 fully saturated rings. The molecule has 2 aromatic heterocycles. The average molecular weight is 327 g/mol. The minimum Gasteiger partial charge on any atom is -0.493 e. The molecule has 3 N–H and O–H groups in total. The molecular weight excluding hydrogens is 310 g/mol. The number of ether oxygens (including phenoxy) is 2. The number of rotatable bonds is 4. The fraction of sp³-hybridized carbons (Fsp3) is 0.188. The Balaban J connectivity index is 1.75. The SMILES string of the molecule is COc1ccc(NC(=O)Nc2n[nH]c3nc(C)ccc23)cc1OC. The molecule has 2 heterocycles. The van der Waals surface area contributed by atoms with Gasteiger partial charge >= 0.3 is 6.03 Å². The first-order valence-corrected chi connectivity index (χ1v) is 7.22. The summed E-state index contributed by atoms with van der Waals surface area (Å²) in [7, 11) is 3.09. The number of aryl methyl sites for hydroxylation is 1. The molecule has 8 heteroatoms. The number of carbonyl (C=O) groups excluding carboxylic acids is 1. The van der Waals surface area contributed by atoms with Crippen molar-refractivity contribution < 1.29 is 14.3 Å². The van der Waals surface area contributed by atoms with Gasteiger partial charge in [-0.15, -0.1) is 0 Å². The normalized spacial score (nSPS) is 10.5. The summed E-state index contributed by atoms with van der Waals surface area (Å²) in [6.07, 6.45) is 0. The van der Waals surface area contributed by atoms with Crippen LogP contribution in [0.3, 0.4) is 0 Å². The number of hydrogen-bond acceptors (Lipinski definition) is 5. The summed E-state index contributed by atoms with van der Waals surface area (Å²) in [6, 6.07) is 8.39. The Morgan fingerprint density at radius 2 is 1.88 bits per heavy atom. The van der Waals surface area contributed by atoms with E-state index in [9.17, 15) is 4.79 Å². The number of aromatic amines is 1. The van der Waals surface area contributed by atoms with E-state index in [2.05, 4.69) is 25.8 Å². The molecule has 0 radical (unpaired) electrons. The summed E-state index contributed by atoms with van der Waals surface area (Å²) in [6.45, 7) is 1.89. The minimum atomic E-state index is -0.420. The van der Waals surface area contributed by atoms with Gasteiger partial charge in [-0.2, -0.15) is 5.10 Å². The van der Waals surface area contributed by atoms with Crippen LogP contribution in [0.4, 0.5) is 16.3 Å². The van der Waals surface area contributed by atoms with Crippen molar-refractivity contribution in [3.8, 4) is 11.5 Å². The second kappa shape index (κ2) is 6.45. The van der Waals surface area contributed by atoms with E-state index in [0.717, 1.165) is 11.1 Å². The van der Waals surface area contributed by atoms with Gasteiger partial charge in [0.15, 0.2) is 23.0 Å². The standard InChI is InChI=1S/C16H17N5O3/c1-9-4-6-11-14(17-9)20-21-15(11)19-16(22)18-10-5-7-12(23-2)13(8-10)24-3/h4-8H,1-3H3,(H3,17,18,19,20,21,22). The number of nitrogens with one attached hydrogen (secondary N) is 3. The smallest absolute Gasteiger partial charge is 0.324 e. The Hall–Kier alpha value is -3.29. The summed E-state index contributed by atoms with van der Waals surface area (Å²) in [5.41, 5.74) is 2.06. The highest BCUT2D eigenvalue weighted by atomic mass is 16.5. The predicted molar refractivity (Wildman–Crippen MR) is 90.8 cm³/mol. The number of aromatic nitrogens is 3. The van der Waals surface area contributed by atoms with Crippen molar-refractivity contribution in [2.75, 3.05) is 24.9 Å². The molecule has 0 aliphatic rings. The van der Waals surface area contributed by atoms with Crippen LogP contribution in [-0.4, -0.2) is 35.4 Å². The van der Waals surface area contributed by atoms with Gasteiger partial charge in [0.25, 0.3) is 0 Å². The molecule has 8 nitrogen and oxygen atoms in total.